The van der Waals surface area contributed by atoms with Gasteiger partial charge in [-0.3, -0.25) is 0 Å². The van der Waals surface area contributed by atoms with Gasteiger partial charge in [-0.25, -0.2) is 14.5 Å². The van der Waals surface area contributed by atoms with Crippen LogP contribution in [0.5, 0.6) is 11.5 Å². The number of anilines is 2. The van der Waals surface area contributed by atoms with Gasteiger partial charge in [0, 0.05) is 29.1 Å². The normalized spacial score (nSPS) is 10.5. The highest BCUT2D eigenvalue weighted by molar-refractivity contribution is 5.93. The summed E-state index contributed by atoms with van der Waals surface area (Å²) >= 11 is 0. The Morgan fingerprint density at radius 2 is 2.09 bits per heavy atom. The molecular weight excluding hydrogens is 424 g/mol. The minimum atomic E-state index is -0.513. The molecule has 10 heteroatoms. The molecule has 4 rings (SSSR count). The molecule has 0 amide bonds. The summed E-state index contributed by atoms with van der Waals surface area (Å²) in [6, 6.07) is 11.0. The van der Waals surface area contributed by atoms with Crippen LogP contribution in [0.15, 0.2) is 55.1 Å². The standard InChI is InChI=1S/C23H20N6O4/c1-3-16-6-4-7-17(12-16)27-22-18-13-21(20(32-2)14-19(18)25-15-26-22)33-11-5-9-28-10-8-24-23(28)29(30)31/h1,4,6-8,10,12-15H,5,9,11H2,2H3,(H,25,26,27). The van der Waals surface area contributed by atoms with Crippen molar-refractivity contribution in [3.8, 4) is 23.8 Å². The summed E-state index contributed by atoms with van der Waals surface area (Å²) in [6.45, 7) is 0.714. The number of ether oxygens (including phenoxy) is 2. The van der Waals surface area contributed by atoms with Gasteiger partial charge in [0.15, 0.2) is 11.5 Å². The van der Waals surface area contributed by atoms with Crippen molar-refractivity contribution < 1.29 is 14.4 Å². The fourth-order valence-electron chi connectivity index (χ4n) is 3.32. The molecule has 0 unspecified atom stereocenters. The lowest BCUT2D eigenvalue weighted by atomic mass is 10.2. The van der Waals surface area contributed by atoms with Gasteiger partial charge in [-0.1, -0.05) is 17.0 Å². The van der Waals surface area contributed by atoms with Crippen LogP contribution >= 0.6 is 0 Å². The molecule has 2 aromatic carbocycles. The van der Waals surface area contributed by atoms with Gasteiger partial charge in [0.1, 0.15) is 24.5 Å². The number of imidazole rings is 1. The van der Waals surface area contributed by atoms with Crippen LogP contribution in [0.3, 0.4) is 0 Å². The minimum absolute atomic E-state index is 0.194. The average Bonchev–Trinajstić information content (AvgIpc) is 3.31. The number of nitrogens with zero attached hydrogens (tertiary/aromatic N) is 5. The highest BCUT2D eigenvalue weighted by Gasteiger charge is 2.15. The van der Waals surface area contributed by atoms with E-state index in [4.69, 9.17) is 15.9 Å². The first-order valence-electron chi connectivity index (χ1n) is 10.0. The van der Waals surface area contributed by atoms with E-state index in [1.807, 2.05) is 24.3 Å². The monoisotopic (exact) mass is 444 g/mol. The molecule has 0 saturated carbocycles. The number of benzene rings is 2. The zero-order valence-electron chi connectivity index (χ0n) is 17.8. The first-order valence-corrected chi connectivity index (χ1v) is 10.0. The Balaban J connectivity index is 1.53. The number of terminal acetylenes is 1. The smallest absolute Gasteiger partial charge is 0.434 e. The van der Waals surface area contributed by atoms with Crippen LogP contribution in [0.4, 0.5) is 17.5 Å². The van der Waals surface area contributed by atoms with E-state index in [1.165, 1.54) is 17.1 Å². The summed E-state index contributed by atoms with van der Waals surface area (Å²) in [4.78, 5) is 22.9. The van der Waals surface area contributed by atoms with Crippen LogP contribution in [-0.2, 0) is 6.54 Å². The molecule has 166 valence electrons. The largest absolute Gasteiger partial charge is 0.493 e. The Bertz CT molecular complexity index is 1340. The molecule has 1 N–H and O–H groups in total. The van der Waals surface area contributed by atoms with Gasteiger partial charge in [-0.05, 0) is 29.2 Å². The number of nitro groups is 1. The molecule has 0 fully saturated rings. The molecule has 0 spiro atoms. The number of fused-ring (bicyclic) bond motifs is 1. The summed E-state index contributed by atoms with van der Waals surface area (Å²) < 4.78 is 12.9. The van der Waals surface area contributed by atoms with E-state index in [-0.39, 0.29) is 5.95 Å². The van der Waals surface area contributed by atoms with Gasteiger partial charge in [-0.15, -0.1) is 6.42 Å². The molecule has 0 aliphatic carbocycles. The molecule has 0 aliphatic rings. The Kier molecular flexibility index (Phi) is 6.31. The quantitative estimate of drug-likeness (QED) is 0.179. The van der Waals surface area contributed by atoms with E-state index < -0.39 is 4.92 Å². The fourth-order valence-corrected chi connectivity index (χ4v) is 3.32. The Morgan fingerprint density at radius 3 is 2.88 bits per heavy atom. The molecule has 10 nitrogen and oxygen atoms in total. The predicted molar refractivity (Wildman–Crippen MR) is 123 cm³/mol. The van der Waals surface area contributed by atoms with Crippen LogP contribution in [0.2, 0.25) is 0 Å². The van der Waals surface area contributed by atoms with E-state index >= 15 is 0 Å². The van der Waals surface area contributed by atoms with E-state index in [0.717, 1.165) is 16.6 Å². The number of rotatable bonds is 9. The molecule has 0 atom stereocenters. The van der Waals surface area contributed by atoms with Crippen molar-refractivity contribution in [1.29, 1.82) is 0 Å². The van der Waals surface area contributed by atoms with Gasteiger partial charge in [0.25, 0.3) is 0 Å². The van der Waals surface area contributed by atoms with Crippen molar-refractivity contribution in [2.45, 2.75) is 13.0 Å². The van der Waals surface area contributed by atoms with Gasteiger partial charge in [-0.2, -0.15) is 0 Å². The second kappa shape index (κ2) is 9.65. The maximum atomic E-state index is 11.0. The topological polar surface area (TPSA) is 117 Å². The number of aryl methyl sites for hydroxylation is 1. The molecule has 2 heterocycles. The SMILES string of the molecule is C#Cc1cccc(Nc2ncnc3cc(OC)c(OCCCn4ccnc4[N+](=O)[O-])cc23)c1. The maximum absolute atomic E-state index is 11.0. The third-order valence-electron chi connectivity index (χ3n) is 4.87. The van der Waals surface area contributed by atoms with Crippen molar-refractivity contribution in [2.75, 3.05) is 19.0 Å². The van der Waals surface area contributed by atoms with E-state index in [2.05, 4.69) is 26.2 Å². The zero-order chi connectivity index (χ0) is 23.2. The molecule has 0 aliphatic heterocycles. The van der Waals surface area contributed by atoms with Crippen LogP contribution in [0.25, 0.3) is 10.9 Å². The van der Waals surface area contributed by atoms with E-state index in [0.29, 0.717) is 42.4 Å². The van der Waals surface area contributed by atoms with Crippen molar-refractivity contribution in [3.63, 3.8) is 0 Å². The molecular formula is C23H20N6O4. The van der Waals surface area contributed by atoms with Crippen LogP contribution in [0.1, 0.15) is 12.0 Å². The number of nitrogens with one attached hydrogen (secondary N) is 1. The number of methoxy groups -OCH3 is 1. The lowest BCUT2D eigenvalue weighted by molar-refractivity contribution is -0.396. The molecule has 4 aromatic rings. The first-order chi connectivity index (χ1) is 16.1. The summed E-state index contributed by atoms with van der Waals surface area (Å²) in [5, 5.41) is 15.0. The predicted octanol–water partition coefficient (Wildman–Crippen LogP) is 3.94. The van der Waals surface area contributed by atoms with Crippen molar-refractivity contribution in [3.05, 3.63) is 70.8 Å². The third-order valence-corrected chi connectivity index (χ3v) is 4.87. The third kappa shape index (κ3) is 4.83. The first kappa shape index (κ1) is 21.6. The van der Waals surface area contributed by atoms with Crippen LogP contribution < -0.4 is 14.8 Å². The van der Waals surface area contributed by atoms with E-state index in [1.54, 1.807) is 25.4 Å². The van der Waals surface area contributed by atoms with Crippen molar-refractivity contribution in [2.24, 2.45) is 0 Å². The van der Waals surface area contributed by atoms with Gasteiger partial charge in [0.05, 0.1) is 25.8 Å². The average molecular weight is 444 g/mol. The van der Waals surface area contributed by atoms with Crippen LogP contribution in [0, 0.1) is 22.5 Å². The highest BCUT2D eigenvalue weighted by Crippen LogP contribution is 2.35. The van der Waals surface area contributed by atoms with Crippen molar-refractivity contribution in [1.82, 2.24) is 19.5 Å². The van der Waals surface area contributed by atoms with Crippen molar-refractivity contribution >= 4 is 28.4 Å². The summed E-state index contributed by atoms with van der Waals surface area (Å²) in [7, 11) is 1.55. The Morgan fingerprint density at radius 1 is 1.21 bits per heavy atom. The minimum Gasteiger partial charge on any atom is -0.493 e. The second-order valence-electron chi connectivity index (χ2n) is 6.97. The molecule has 2 aromatic heterocycles. The van der Waals surface area contributed by atoms with E-state index in [9.17, 15) is 10.1 Å². The second-order valence-corrected chi connectivity index (χ2v) is 6.97. The number of hydrogen-bond donors (Lipinski definition) is 1. The summed E-state index contributed by atoms with van der Waals surface area (Å²) in [5.74, 6) is 4.05. The summed E-state index contributed by atoms with van der Waals surface area (Å²) in [6.07, 6.45) is 10.5. The lowest BCUT2D eigenvalue weighted by Gasteiger charge is -2.14. The van der Waals surface area contributed by atoms with Gasteiger partial charge < -0.3 is 24.9 Å². The molecule has 0 bridgehead atoms. The fraction of sp³-hybridized carbons (Fsp3) is 0.174. The van der Waals surface area contributed by atoms with Gasteiger partial charge in [0.2, 0.25) is 0 Å². The zero-order valence-corrected chi connectivity index (χ0v) is 17.8. The molecule has 33 heavy (non-hydrogen) atoms. The maximum Gasteiger partial charge on any atom is 0.434 e. The van der Waals surface area contributed by atoms with Crippen LogP contribution in [-0.4, -0.2) is 38.2 Å². The van der Waals surface area contributed by atoms with Gasteiger partial charge >= 0.3 is 5.95 Å². The molecule has 0 radical (unpaired) electrons. The highest BCUT2D eigenvalue weighted by atomic mass is 16.6. The lowest BCUT2D eigenvalue weighted by Crippen LogP contribution is -2.07. The molecule has 0 saturated heterocycles. The Hall–Kier alpha value is -4.65. The number of aromatic nitrogens is 4. The Labute approximate surface area is 189 Å². The number of hydrogen-bond acceptors (Lipinski definition) is 8. The summed E-state index contributed by atoms with van der Waals surface area (Å²) in [5.41, 5.74) is 2.23.